The first-order valence-electron chi connectivity index (χ1n) is 10.2. The van der Waals surface area contributed by atoms with Gasteiger partial charge in [0.15, 0.2) is 0 Å². The van der Waals surface area contributed by atoms with E-state index >= 15 is 0 Å². The molecule has 0 aromatic carbocycles. The van der Waals surface area contributed by atoms with Gasteiger partial charge in [0.25, 0.3) is 0 Å². The summed E-state index contributed by atoms with van der Waals surface area (Å²) in [6, 6.07) is 0. The first kappa shape index (κ1) is 16.6. The predicted octanol–water partition coefficient (Wildman–Crippen LogP) is 3.05. The van der Waals surface area contributed by atoms with Gasteiger partial charge in [-0.3, -0.25) is 4.79 Å². The van der Waals surface area contributed by atoms with Crippen LogP contribution in [-0.2, 0) is 9.53 Å². The van der Waals surface area contributed by atoms with Gasteiger partial charge < -0.3 is 14.9 Å². The lowest BCUT2D eigenvalue weighted by Crippen LogP contribution is -2.67. The van der Waals surface area contributed by atoms with Crippen LogP contribution in [0.3, 0.4) is 0 Å². The Balaban J connectivity index is 1.40. The van der Waals surface area contributed by atoms with E-state index in [1.54, 1.807) is 0 Å². The lowest BCUT2D eigenvalue weighted by Gasteiger charge is -2.62. The molecule has 140 valence electrons. The second-order valence-electron chi connectivity index (χ2n) is 11.0. The summed E-state index contributed by atoms with van der Waals surface area (Å²) in [5.74, 6) is 2.55. The molecular formula is C21H32O4. The van der Waals surface area contributed by atoms with Crippen LogP contribution in [0.5, 0.6) is 0 Å². The number of carbonyl (C=O) groups is 1. The van der Waals surface area contributed by atoms with Crippen molar-refractivity contribution < 1.29 is 19.7 Å². The van der Waals surface area contributed by atoms with Crippen molar-refractivity contribution in [3.8, 4) is 0 Å². The molecule has 0 aromatic rings. The number of ether oxygens (including phenoxy) is 1. The van der Waals surface area contributed by atoms with Gasteiger partial charge in [0.2, 0.25) is 0 Å². The molecule has 6 aliphatic rings. The summed E-state index contributed by atoms with van der Waals surface area (Å²) in [5.41, 5.74) is -2.71. The zero-order valence-electron chi connectivity index (χ0n) is 15.8. The number of hydrogen-bond acceptors (Lipinski definition) is 4. The van der Waals surface area contributed by atoms with Gasteiger partial charge in [-0.05, 0) is 68.6 Å². The Kier molecular flexibility index (Phi) is 3.06. The summed E-state index contributed by atoms with van der Waals surface area (Å²) >= 11 is 0. The SMILES string of the molecule is CC1C2CC(C1C)C(C)(C(=O)OC13CC4CC(O)(CC(O)(C4)C1)C3)C2. The molecule has 4 heteroatoms. The van der Waals surface area contributed by atoms with Gasteiger partial charge in [0, 0.05) is 19.3 Å². The second-order valence-corrected chi connectivity index (χ2v) is 11.0. The van der Waals surface area contributed by atoms with E-state index < -0.39 is 16.8 Å². The minimum atomic E-state index is -0.841. The molecule has 6 aliphatic carbocycles. The minimum Gasteiger partial charge on any atom is -0.458 e. The lowest BCUT2D eigenvalue weighted by atomic mass is 9.50. The highest BCUT2D eigenvalue weighted by atomic mass is 16.6. The van der Waals surface area contributed by atoms with E-state index in [-0.39, 0.29) is 17.3 Å². The van der Waals surface area contributed by atoms with Gasteiger partial charge in [0.05, 0.1) is 16.6 Å². The summed E-state index contributed by atoms with van der Waals surface area (Å²) in [5, 5.41) is 21.8. The average Bonchev–Trinajstić information content (AvgIpc) is 2.92. The molecule has 6 saturated carbocycles. The summed E-state index contributed by atoms with van der Waals surface area (Å²) < 4.78 is 6.25. The summed E-state index contributed by atoms with van der Waals surface area (Å²) in [6.07, 6.45) is 5.90. The van der Waals surface area contributed by atoms with Crippen molar-refractivity contribution in [2.75, 3.05) is 0 Å². The van der Waals surface area contributed by atoms with Crippen LogP contribution >= 0.6 is 0 Å². The van der Waals surface area contributed by atoms with Crippen LogP contribution in [0.25, 0.3) is 0 Å². The quantitative estimate of drug-likeness (QED) is 0.753. The van der Waals surface area contributed by atoms with E-state index in [4.69, 9.17) is 4.74 Å². The molecule has 0 amide bonds. The third-order valence-corrected chi connectivity index (χ3v) is 9.00. The van der Waals surface area contributed by atoms with Crippen LogP contribution in [0, 0.1) is 35.0 Å². The van der Waals surface area contributed by atoms with E-state index in [9.17, 15) is 15.0 Å². The second kappa shape index (κ2) is 4.62. The van der Waals surface area contributed by atoms with Crippen LogP contribution < -0.4 is 0 Å². The fourth-order valence-electron chi connectivity index (χ4n) is 8.27. The van der Waals surface area contributed by atoms with Gasteiger partial charge >= 0.3 is 5.97 Å². The van der Waals surface area contributed by atoms with Crippen molar-refractivity contribution in [2.45, 2.75) is 88.9 Å². The minimum absolute atomic E-state index is 0.0621. The number of fused-ring (bicyclic) bond motifs is 2. The van der Waals surface area contributed by atoms with Gasteiger partial charge in [-0.1, -0.05) is 13.8 Å². The molecule has 0 aliphatic heterocycles. The molecular weight excluding hydrogens is 316 g/mol. The fourth-order valence-corrected chi connectivity index (χ4v) is 8.27. The monoisotopic (exact) mass is 348 g/mol. The van der Waals surface area contributed by atoms with E-state index in [1.807, 2.05) is 0 Å². The Hall–Kier alpha value is -0.610. The maximum atomic E-state index is 13.3. The molecule has 2 N–H and O–H groups in total. The first-order valence-corrected chi connectivity index (χ1v) is 10.2. The molecule has 0 heterocycles. The fraction of sp³-hybridized carbons (Fsp3) is 0.952. The Morgan fingerprint density at radius 3 is 2.12 bits per heavy atom. The van der Waals surface area contributed by atoms with Crippen LogP contribution in [0.15, 0.2) is 0 Å². The normalized spacial score (nSPS) is 61.7. The molecule has 7 unspecified atom stereocenters. The van der Waals surface area contributed by atoms with Crippen LogP contribution in [0.2, 0.25) is 0 Å². The Morgan fingerprint density at radius 2 is 1.60 bits per heavy atom. The molecule has 25 heavy (non-hydrogen) atoms. The van der Waals surface area contributed by atoms with Gasteiger partial charge in [0.1, 0.15) is 5.60 Å². The van der Waals surface area contributed by atoms with E-state index in [1.165, 1.54) is 0 Å². The largest absolute Gasteiger partial charge is 0.458 e. The molecule has 0 saturated heterocycles. The van der Waals surface area contributed by atoms with Crippen molar-refractivity contribution in [2.24, 2.45) is 35.0 Å². The van der Waals surface area contributed by atoms with Crippen molar-refractivity contribution in [1.82, 2.24) is 0 Å². The predicted molar refractivity (Wildman–Crippen MR) is 92.6 cm³/mol. The molecule has 4 nitrogen and oxygen atoms in total. The van der Waals surface area contributed by atoms with Gasteiger partial charge in [-0.2, -0.15) is 0 Å². The number of esters is 1. The number of aliphatic hydroxyl groups is 2. The third kappa shape index (κ3) is 2.16. The zero-order valence-corrected chi connectivity index (χ0v) is 15.8. The molecule has 6 fully saturated rings. The summed E-state index contributed by atoms with van der Waals surface area (Å²) in [7, 11) is 0. The van der Waals surface area contributed by atoms with Crippen LogP contribution in [0.1, 0.15) is 72.1 Å². The number of hydrogen-bond donors (Lipinski definition) is 2. The molecule has 7 atom stereocenters. The maximum Gasteiger partial charge on any atom is 0.312 e. The average molecular weight is 348 g/mol. The van der Waals surface area contributed by atoms with Crippen molar-refractivity contribution in [1.29, 1.82) is 0 Å². The lowest BCUT2D eigenvalue weighted by molar-refractivity contribution is -0.265. The van der Waals surface area contributed by atoms with Gasteiger partial charge in [-0.25, -0.2) is 0 Å². The highest BCUT2D eigenvalue weighted by Crippen LogP contribution is 2.64. The Bertz CT molecular complexity index is 609. The number of rotatable bonds is 2. The molecule has 0 radical (unpaired) electrons. The third-order valence-electron chi connectivity index (χ3n) is 9.00. The molecule has 6 rings (SSSR count). The Morgan fingerprint density at radius 1 is 0.960 bits per heavy atom. The van der Waals surface area contributed by atoms with Crippen molar-refractivity contribution in [3.63, 3.8) is 0 Å². The first-order chi connectivity index (χ1) is 11.6. The topological polar surface area (TPSA) is 66.8 Å². The molecule has 0 aromatic heterocycles. The van der Waals surface area contributed by atoms with E-state index in [0.29, 0.717) is 42.9 Å². The summed E-state index contributed by atoms with van der Waals surface area (Å²) in [6.45, 7) is 6.72. The van der Waals surface area contributed by atoms with Crippen molar-refractivity contribution >= 4 is 5.97 Å². The Labute approximate surface area is 150 Å². The molecule has 6 bridgehead atoms. The van der Waals surface area contributed by atoms with Crippen LogP contribution in [-0.4, -0.2) is 33.0 Å². The summed E-state index contributed by atoms with van der Waals surface area (Å²) in [4.78, 5) is 13.3. The van der Waals surface area contributed by atoms with Crippen LogP contribution in [0.4, 0.5) is 0 Å². The maximum absolute atomic E-state index is 13.3. The van der Waals surface area contributed by atoms with E-state index in [2.05, 4.69) is 20.8 Å². The van der Waals surface area contributed by atoms with Gasteiger partial charge in [-0.15, -0.1) is 0 Å². The number of carbonyl (C=O) groups excluding carboxylic acids is 1. The highest BCUT2D eigenvalue weighted by Gasteiger charge is 2.66. The molecule has 0 spiro atoms. The van der Waals surface area contributed by atoms with E-state index in [0.717, 1.165) is 32.1 Å². The highest BCUT2D eigenvalue weighted by molar-refractivity contribution is 5.78. The van der Waals surface area contributed by atoms with Crippen molar-refractivity contribution in [3.05, 3.63) is 0 Å². The zero-order chi connectivity index (χ0) is 17.8. The standard InChI is InChI=1S/C21H32O4/c1-12-13(2)16-4-15(12)8-18(16,3)17(22)25-21-7-14-5-19(23,10-21)9-20(24,6-14)11-21/h12-16,23-24H,4-11H2,1-3H3. The smallest absolute Gasteiger partial charge is 0.312 e.